The van der Waals surface area contributed by atoms with Crippen molar-refractivity contribution in [2.75, 3.05) is 31.1 Å². The van der Waals surface area contributed by atoms with Gasteiger partial charge in [-0.1, -0.05) is 25.5 Å². The molecule has 9 heteroatoms. The van der Waals surface area contributed by atoms with Crippen molar-refractivity contribution in [2.45, 2.75) is 51.1 Å². The van der Waals surface area contributed by atoms with Crippen LogP contribution in [0.25, 0.3) is 0 Å². The number of fused-ring (bicyclic) bond motifs is 1. The second-order valence-electron chi connectivity index (χ2n) is 10.6. The number of aryl methyl sites for hydroxylation is 2. The normalized spacial score (nSPS) is 20.5. The van der Waals surface area contributed by atoms with E-state index in [4.69, 9.17) is 4.74 Å². The Balaban J connectivity index is 1.43. The number of ether oxygens (including phenoxy) is 1. The van der Waals surface area contributed by atoms with E-state index in [2.05, 4.69) is 23.0 Å². The van der Waals surface area contributed by atoms with Gasteiger partial charge in [0, 0.05) is 56.5 Å². The Hall–Kier alpha value is -3.72. The van der Waals surface area contributed by atoms with Crippen molar-refractivity contribution in [1.82, 2.24) is 14.7 Å². The van der Waals surface area contributed by atoms with Gasteiger partial charge < -0.3 is 14.7 Å². The summed E-state index contributed by atoms with van der Waals surface area (Å²) in [5, 5.41) is 14.8. The molecule has 3 aromatic rings. The molecule has 1 fully saturated rings. The van der Waals surface area contributed by atoms with Crippen molar-refractivity contribution in [3.8, 4) is 5.75 Å². The average molecular weight is 533 g/mol. The Morgan fingerprint density at radius 3 is 2.87 bits per heavy atom. The van der Waals surface area contributed by atoms with E-state index in [0.29, 0.717) is 32.7 Å². The first-order chi connectivity index (χ1) is 18.9. The molecule has 0 spiro atoms. The maximum absolute atomic E-state index is 13.9. The molecule has 1 aromatic carbocycles. The molecule has 39 heavy (non-hydrogen) atoms. The van der Waals surface area contributed by atoms with E-state index < -0.39 is 11.9 Å². The van der Waals surface area contributed by atoms with Crippen LogP contribution in [0, 0.1) is 5.92 Å². The Morgan fingerprint density at radius 2 is 2.13 bits per heavy atom. The second kappa shape index (κ2) is 12.0. The summed E-state index contributed by atoms with van der Waals surface area (Å²) in [5.74, 6) is -0.802. The summed E-state index contributed by atoms with van der Waals surface area (Å²) in [4.78, 5) is 30.6. The van der Waals surface area contributed by atoms with Gasteiger partial charge >= 0.3 is 5.97 Å². The molecule has 2 aliphatic rings. The largest absolute Gasteiger partial charge is 0.493 e. The molecule has 206 valence electrons. The molecule has 9 nitrogen and oxygen atoms in total. The van der Waals surface area contributed by atoms with Crippen LogP contribution in [0.1, 0.15) is 43.2 Å². The summed E-state index contributed by atoms with van der Waals surface area (Å²) in [7, 11) is 1.95. The molecule has 0 radical (unpaired) electrons. The molecule has 1 saturated heterocycles. The number of likely N-dealkylation sites (tertiary alicyclic amines) is 1. The van der Waals surface area contributed by atoms with E-state index in [1.807, 2.05) is 70.1 Å². The third kappa shape index (κ3) is 5.98. The first-order valence-corrected chi connectivity index (χ1v) is 13.9. The maximum atomic E-state index is 13.9. The number of hydrogen-bond donors (Lipinski definition) is 1. The van der Waals surface area contributed by atoms with Crippen molar-refractivity contribution in [2.24, 2.45) is 13.0 Å². The summed E-state index contributed by atoms with van der Waals surface area (Å²) in [6.45, 7) is 4.66. The van der Waals surface area contributed by atoms with Gasteiger partial charge in [0.15, 0.2) is 12.4 Å². The average Bonchev–Trinajstić information content (AvgIpc) is 3.67. The topological polar surface area (TPSA) is 91.8 Å². The standard InChI is InChI=1S/C30H37N5O4/c1-3-4-15-35(24-7-5-13-32(2)19-24)28(36)21-33-20-25(22-8-9-27-23(18-22)11-17-39-27)29(30(37)38)26(33)10-16-34-14-6-12-31-34/h5-9,12-14,18-19,25-26,29H,3-4,10-11,15-17,20-21H2,1-2H3/p+1/t25-,26+,29?/m1/s1. The lowest BCUT2D eigenvalue weighted by molar-refractivity contribution is -0.670. The molecule has 2 aromatic heterocycles. The van der Waals surface area contributed by atoms with E-state index >= 15 is 0 Å². The van der Waals surface area contributed by atoms with Crippen LogP contribution in [0.3, 0.4) is 0 Å². The van der Waals surface area contributed by atoms with E-state index in [0.717, 1.165) is 41.8 Å². The number of amides is 1. The van der Waals surface area contributed by atoms with Gasteiger partial charge in [-0.05, 0) is 42.2 Å². The van der Waals surface area contributed by atoms with E-state index in [-0.39, 0.29) is 24.4 Å². The zero-order valence-electron chi connectivity index (χ0n) is 22.8. The predicted molar refractivity (Wildman–Crippen MR) is 147 cm³/mol. The monoisotopic (exact) mass is 532 g/mol. The smallest absolute Gasteiger partial charge is 0.308 e. The number of pyridine rings is 1. The summed E-state index contributed by atoms with van der Waals surface area (Å²) in [5.41, 5.74) is 2.99. The number of aromatic nitrogens is 3. The third-order valence-electron chi connectivity index (χ3n) is 8.00. The van der Waals surface area contributed by atoms with E-state index in [9.17, 15) is 14.7 Å². The fraction of sp³-hybridized carbons (Fsp3) is 0.467. The number of carboxylic acid groups (broad SMARTS) is 1. The van der Waals surface area contributed by atoms with Crippen LogP contribution in [0.5, 0.6) is 5.75 Å². The quantitative estimate of drug-likeness (QED) is 0.382. The van der Waals surface area contributed by atoms with Crippen molar-refractivity contribution in [3.05, 3.63) is 72.3 Å². The first kappa shape index (κ1) is 26.9. The minimum absolute atomic E-state index is 0.00844. The number of nitrogens with zero attached hydrogens (tertiary/aromatic N) is 5. The number of anilines is 1. The number of unbranched alkanes of at least 4 members (excludes halogenated alkanes) is 1. The lowest BCUT2D eigenvalue weighted by Gasteiger charge is -2.29. The zero-order valence-corrected chi connectivity index (χ0v) is 22.8. The Labute approximate surface area is 229 Å². The number of hydrogen-bond acceptors (Lipinski definition) is 5. The maximum Gasteiger partial charge on any atom is 0.308 e. The summed E-state index contributed by atoms with van der Waals surface area (Å²) < 4.78 is 9.46. The van der Waals surface area contributed by atoms with Gasteiger partial charge in [-0.3, -0.25) is 19.2 Å². The highest BCUT2D eigenvalue weighted by atomic mass is 16.5. The van der Waals surface area contributed by atoms with Crippen LogP contribution >= 0.6 is 0 Å². The van der Waals surface area contributed by atoms with Gasteiger partial charge in [0.1, 0.15) is 18.5 Å². The molecule has 1 N–H and O–H groups in total. The molecular weight excluding hydrogens is 494 g/mol. The highest BCUT2D eigenvalue weighted by Crippen LogP contribution is 2.41. The lowest BCUT2D eigenvalue weighted by Crippen LogP contribution is -2.45. The molecule has 0 bridgehead atoms. The highest BCUT2D eigenvalue weighted by Gasteiger charge is 2.47. The van der Waals surface area contributed by atoms with Crippen LogP contribution in [0.4, 0.5) is 5.69 Å². The number of rotatable bonds is 11. The van der Waals surface area contributed by atoms with Crippen LogP contribution in [-0.2, 0) is 29.6 Å². The Morgan fingerprint density at radius 1 is 1.26 bits per heavy atom. The summed E-state index contributed by atoms with van der Waals surface area (Å²) in [6, 6.07) is 11.5. The number of benzene rings is 1. The summed E-state index contributed by atoms with van der Waals surface area (Å²) in [6.07, 6.45) is 10.8. The number of carbonyl (C=O) groups excluding carboxylic acids is 1. The Bertz CT molecular complexity index is 1290. The molecule has 0 saturated carbocycles. The van der Waals surface area contributed by atoms with Crippen molar-refractivity contribution < 1.29 is 24.0 Å². The van der Waals surface area contributed by atoms with Gasteiger partial charge in [-0.2, -0.15) is 5.10 Å². The fourth-order valence-corrected chi connectivity index (χ4v) is 6.03. The van der Waals surface area contributed by atoms with Gasteiger partial charge in [-0.25, -0.2) is 4.57 Å². The van der Waals surface area contributed by atoms with Gasteiger partial charge in [0.25, 0.3) is 0 Å². The molecular formula is C30H38N5O4+. The molecule has 5 rings (SSSR count). The van der Waals surface area contributed by atoms with Crippen molar-refractivity contribution in [3.63, 3.8) is 0 Å². The molecule has 3 atom stereocenters. The van der Waals surface area contributed by atoms with E-state index in [1.54, 1.807) is 6.20 Å². The van der Waals surface area contributed by atoms with Crippen LogP contribution in [0.15, 0.2) is 61.2 Å². The van der Waals surface area contributed by atoms with Crippen LogP contribution in [-0.4, -0.2) is 63.9 Å². The van der Waals surface area contributed by atoms with Crippen LogP contribution in [0.2, 0.25) is 0 Å². The number of carboxylic acids is 1. The predicted octanol–water partition coefficient (Wildman–Crippen LogP) is 3.03. The van der Waals surface area contributed by atoms with Crippen molar-refractivity contribution in [1.29, 1.82) is 0 Å². The number of aliphatic carboxylic acids is 1. The molecule has 0 aliphatic carbocycles. The second-order valence-corrected chi connectivity index (χ2v) is 10.6. The zero-order chi connectivity index (χ0) is 27.4. The van der Waals surface area contributed by atoms with E-state index in [1.165, 1.54) is 0 Å². The minimum atomic E-state index is -0.824. The van der Waals surface area contributed by atoms with Gasteiger partial charge in [0.05, 0.1) is 19.1 Å². The lowest BCUT2D eigenvalue weighted by atomic mass is 9.83. The fourth-order valence-electron chi connectivity index (χ4n) is 6.03. The van der Waals surface area contributed by atoms with Crippen LogP contribution < -0.4 is 14.2 Å². The van der Waals surface area contributed by atoms with Crippen molar-refractivity contribution >= 4 is 17.6 Å². The highest BCUT2D eigenvalue weighted by molar-refractivity contribution is 5.94. The SMILES string of the molecule is CCCCN(C(=O)CN1C[C@H](c2ccc3c(c2)CCO3)C(C(=O)O)[C@@H]1CCn1cccn1)c1ccc[n+](C)c1. The summed E-state index contributed by atoms with van der Waals surface area (Å²) >= 11 is 0. The minimum Gasteiger partial charge on any atom is -0.493 e. The molecule has 1 unspecified atom stereocenters. The Kier molecular flexibility index (Phi) is 8.26. The molecule has 1 amide bonds. The van der Waals surface area contributed by atoms with Gasteiger partial charge in [-0.15, -0.1) is 0 Å². The molecule has 2 aliphatic heterocycles. The third-order valence-corrected chi connectivity index (χ3v) is 8.00. The van der Waals surface area contributed by atoms with Gasteiger partial charge in [0.2, 0.25) is 5.91 Å². The first-order valence-electron chi connectivity index (χ1n) is 13.9. The molecule has 4 heterocycles. The number of carbonyl (C=O) groups is 2.